The number of benzene rings is 1. The van der Waals surface area contributed by atoms with Crippen LogP contribution in [0.15, 0.2) is 40.9 Å². The fourth-order valence-corrected chi connectivity index (χ4v) is 2.01. The summed E-state index contributed by atoms with van der Waals surface area (Å²) in [7, 11) is 0. The molecule has 0 aliphatic rings. The van der Waals surface area contributed by atoms with E-state index in [4.69, 9.17) is 4.52 Å². The van der Waals surface area contributed by atoms with Gasteiger partial charge < -0.3 is 14.4 Å². The maximum atomic E-state index is 11.2. The van der Waals surface area contributed by atoms with E-state index in [2.05, 4.69) is 10.1 Å². The summed E-state index contributed by atoms with van der Waals surface area (Å²) in [6.07, 6.45) is 0. The number of aryl methyl sites for hydroxylation is 1. The molecule has 19 heavy (non-hydrogen) atoms. The normalized spacial score (nSPS) is 10.8. The summed E-state index contributed by atoms with van der Waals surface area (Å²) < 4.78 is 5.05. The van der Waals surface area contributed by atoms with Gasteiger partial charge in [0.15, 0.2) is 0 Å². The largest absolute Gasteiger partial charge is 0.545 e. The molecular formula is C14H9N2O3-. The van der Waals surface area contributed by atoms with Gasteiger partial charge in [0.25, 0.3) is 5.71 Å². The number of aromatic carboxylic acids is 1. The third kappa shape index (κ3) is 1.85. The van der Waals surface area contributed by atoms with E-state index in [0.29, 0.717) is 16.8 Å². The predicted molar refractivity (Wildman–Crippen MR) is 66.3 cm³/mol. The van der Waals surface area contributed by atoms with E-state index in [0.717, 1.165) is 5.56 Å². The molecule has 0 unspecified atom stereocenters. The predicted octanol–water partition coefficient (Wildman–Crippen LogP) is 1.56. The smallest absolute Gasteiger partial charge is 0.259 e. The number of carboxylic acid groups (broad SMARTS) is 1. The van der Waals surface area contributed by atoms with E-state index in [1.165, 1.54) is 6.07 Å². The van der Waals surface area contributed by atoms with Crippen LogP contribution in [0.25, 0.3) is 22.4 Å². The molecule has 0 N–H and O–H groups in total. The number of nitrogens with zero attached hydrogens (tertiary/aromatic N) is 2. The van der Waals surface area contributed by atoms with Gasteiger partial charge in [0.05, 0.1) is 22.7 Å². The first-order valence-corrected chi connectivity index (χ1v) is 5.70. The van der Waals surface area contributed by atoms with E-state index in [9.17, 15) is 9.90 Å². The first kappa shape index (κ1) is 11.4. The molecule has 0 atom stereocenters. The van der Waals surface area contributed by atoms with E-state index >= 15 is 0 Å². The van der Waals surface area contributed by atoms with Crippen molar-refractivity contribution in [2.45, 2.75) is 6.92 Å². The number of hydrogen-bond donors (Lipinski definition) is 0. The van der Waals surface area contributed by atoms with Crippen LogP contribution in [-0.4, -0.2) is 16.1 Å². The number of carbonyl (C=O) groups excluding carboxylic acids is 1. The summed E-state index contributed by atoms with van der Waals surface area (Å²) >= 11 is 0. The number of carboxylic acids is 1. The quantitative estimate of drug-likeness (QED) is 0.692. The molecule has 3 aromatic rings. The third-order valence-electron chi connectivity index (χ3n) is 2.91. The van der Waals surface area contributed by atoms with Crippen molar-refractivity contribution in [3.63, 3.8) is 0 Å². The van der Waals surface area contributed by atoms with Gasteiger partial charge in [-0.25, -0.2) is 4.98 Å². The zero-order chi connectivity index (χ0) is 13.4. The van der Waals surface area contributed by atoms with Crippen LogP contribution in [-0.2, 0) is 0 Å². The van der Waals surface area contributed by atoms with Gasteiger partial charge in [0.2, 0.25) is 0 Å². The Morgan fingerprint density at radius 2 is 2.00 bits per heavy atom. The van der Waals surface area contributed by atoms with Crippen LogP contribution in [0.1, 0.15) is 16.1 Å². The van der Waals surface area contributed by atoms with Crippen LogP contribution in [0.2, 0.25) is 0 Å². The topological polar surface area (TPSA) is 79.0 Å². The second kappa shape index (κ2) is 4.20. The van der Waals surface area contributed by atoms with Crippen LogP contribution in [0.5, 0.6) is 0 Å². The lowest BCUT2D eigenvalue weighted by atomic mass is 10.1. The van der Waals surface area contributed by atoms with Gasteiger partial charge in [0.1, 0.15) is 0 Å². The Kier molecular flexibility index (Phi) is 2.52. The van der Waals surface area contributed by atoms with Gasteiger partial charge in [-0.1, -0.05) is 35.5 Å². The molecule has 2 heterocycles. The number of carbonyl (C=O) groups is 1. The fourth-order valence-electron chi connectivity index (χ4n) is 2.01. The Balaban J connectivity index is 2.32. The molecule has 1 aromatic carbocycles. The van der Waals surface area contributed by atoms with Crippen LogP contribution in [0.4, 0.5) is 0 Å². The highest BCUT2D eigenvalue weighted by Gasteiger charge is 2.14. The Labute approximate surface area is 108 Å². The van der Waals surface area contributed by atoms with Crippen molar-refractivity contribution in [1.29, 1.82) is 0 Å². The minimum Gasteiger partial charge on any atom is -0.545 e. The van der Waals surface area contributed by atoms with Crippen molar-refractivity contribution < 1.29 is 14.4 Å². The van der Waals surface area contributed by atoms with Crippen molar-refractivity contribution in [1.82, 2.24) is 10.1 Å². The van der Waals surface area contributed by atoms with Gasteiger partial charge in [-0.3, -0.25) is 0 Å². The Bertz CT molecular complexity index is 763. The van der Waals surface area contributed by atoms with Gasteiger partial charge >= 0.3 is 0 Å². The first-order valence-electron chi connectivity index (χ1n) is 5.70. The van der Waals surface area contributed by atoms with Crippen molar-refractivity contribution in [3.05, 3.63) is 47.7 Å². The third-order valence-corrected chi connectivity index (χ3v) is 2.91. The molecule has 5 nitrogen and oxygen atoms in total. The van der Waals surface area contributed by atoms with Gasteiger partial charge in [-0.15, -0.1) is 0 Å². The maximum Gasteiger partial charge on any atom is 0.259 e. The van der Waals surface area contributed by atoms with Crippen LogP contribution < -0.4 is 5.11 Å². The van der Waals surface area contributed by atoms with Crippen LogP contribution in [0, 0.1) is 6.92 Å². The Hall–Kier alpha value is -2.69. The Morgan fingerprint density at radius 3 is 2.68 bits per heavy atom. The average molecular weight is 253 g/mol. The lowest BCUT2D eigenvalue weighted by Gasteiger charge is -2.07. The maximum absolute atomic E-state index is 11.2. The summed E-state index contributed by atoms with van der Waals surface area (Å²) in [5, 5.41) is 15.4. The second-order valence-electron chi connectivity index (χ2n) is 4.16. The molecular weight excluding hydrogens is 244 g/mol. The molecule has 0 aliphatic carbocycles. The van der Waals surface area contributed by atoms with Gasteiger partial charge in [-0.05, 0) is 13.0 Å². The minimum absolute atomic E-state index is 0.0441. The summed E-state index contributed by atoms with van der Waals surface area (Å²) in [6, 6.07) is 10.8. The van der Waals surface area contributed by atoms with Crippen molar-refractivity contribution in [2.75, 3.05) is 0 Å². The van der Waals surface area contributed by atoms with Crippen molar-refractivity contribution in [3.8, 4) is 11.3 Å². The van der Waals surface area contributed by atoms with Crippen LogP contribution in [0.3, 0.4) is 0 Å². The molecule has 0 saturated heterocycles. The highest BCUT2D eigenvalue weighted by atomic mass is 16.5. The van der Waals surface area contributed by atoms with E-state index < -0.39 is 5.97 Å². The average Bonchev–Trinajstić information content (AvgIpc) is 2.80. The van der Waals surface area contributed by atoms with Crippen molar-refractivity contribution in [2.24, 2.45) is 0 Å². The zero-order valence-corrected chi connectivity index (χ0v) is 10.1. The van der Waals surface area contributed by atoms with Crippen molar-refractivity contribution >= 4 is 17.1 Å². The molecule has 5 heteroatoms. The lowest BCUT2D eigenvalue weighted by molar-refractivity contribution is -0.254. The molecule has 3 rings (SSSR count). The first-order chi connectivity index (χ1) is 9.16. The molecule has 0 saturated carbocycles. The fraction of sp³-hybridized carbons (Fsp3) is 0.0714. The number of fused-ring (bicyclic) bond motifs is 1. The van der Waals surface area contributed by atoms with Gasteiger partial charge in [-0.2, -0.15) is 0 Å². The van der Waals surface area contributed by atoms with E-state index in [1.807, 2.05) is 30.3 Å². The zero-order valence-electron chi connectivity index (χ0n) is 10.1. The molecule has 2 aromatic heterocycles. The molecule has 0 amide bonds. The minimum atomic E-state index is -1.27. The molecule has 0 spiro atoms. The summed E-state index contributed by atoms with van der Waals surface area (Å²) in [5.74, 6) is -1.27. The highest BCUT2D eigenvalue weighted by Crippen LogP contribution is 2.26. The lowest BCUT2D eigenvalue weighted by Crippen LogP contribution is -2.22. The van der Waals surface area contributed by atoms with Crippen LogP contribution >= 0.6 is 0 Å². The summed E-state index contributed by atoms with van der Waals surface area (Å²) in [4.78, 5) is 15.5. The van der Waals surface area contributed by atoms with Gasteiger partial charge in [0, 0.05) is 11.1 Å². The summed E-state index contributed by atoms with van der Waals surface area (Å²) in [6.45, 7) is 1.67. The standard InChI is InChI=1S/C14H10N2O3/c1-8-12-10(14(17)18)7-11(15-13(12)19-16-8)9-5-3-2-4-6-9/h2-7H,1H3,(H,17,18)/p-1. The van der Waals surface area contributed by atoms with E-state index in [1.54, 1.807) is 6.92 Å². The SMILES string of the molecule is Cc1noc2nc(-c3ccccc3)cc(C(=O)[O-])c12. The number of hydrogen-bond acceptors (Lipinski definition) is 5. The second-order valence-corrected chi connectivity index (χ2v) is 4.16. The number of pyridine rings is 1. The molecule has 0 aliphatic heterocycles. The highest BCUT2D eigenvalue weighted by molar-refractivity contribution is 6.02. The number of rotatable bonds is 2. The molecule has 0 bridgehead atoms. The van der Waals surface area contributed by atoms with E-state index in [-0.39, 0.29) is 11.3 Å². The summed E-state index contributed by atoms with van der Waals surface area (Å²) in [5.41, 5.74) is 2.06. The Morgan fingerprint density at radius 1 is 1.26 bits per heavy atom. The number of aromatic nitrogens is 2. The molecule has 94 valence electrons. The molecule has 0 fully saturated rings. The monoisotopic (exact) mass is 253 g/mol. The molecule has 0 radical (unpaired) electrons.